The zero-order valence-corrected chi connectivity index (χ0v) is 11.5. The van der Waals surface area contributed by atoms with E-state index in [1.165, 1.54) is 5.69 Å². The largest absolute Gasteiger partial charge is 0.329 e. The maximum absolute atomic E-state index is 4.52. The van der Waals surface area contributed by atoms with E-state index >= 15 is 0 Å². The van der Waals surface area contributed by atoms with Crippen LogP contribution < -0.4 is 5.32 Å². The number of nitrogens with one attached hydrogen (secondary N) is 1. The lowest BCUT2D eigenvalue weighted by molar-refractivity contribution is 0.737. The summed E-state index contributed by atoms with van der Waals surface area (Å²) < 4.78 is 2.99. The molecule has 2 rings (SSSR count). The van der Waals surface area contributed by atoms with Gasteiger partial charge in [0.25, 0.3) is 0 Å². The second kappa shape index (κ2) is 5.42. The van der Waals surface area contributed by atoms with E-state index in [9.17, 15) is 0 Å². The summed E-state index contributed by atoms with van der Waals surface area (Å²) >= 11 is 3.51. The number of halogens is 1. The minimum absolute atomic E-state index is 0.892. The zero-order chi connectivity index (χ0) is 12.3. The quantitative estimate of drug-likeness (QED) is 0.938. The maximum atomic E-state index is 4.52. The first-order valence-electron chi connectivity index (χ1n) is 5.51. The minimum Gasteiger partial charge on any atom is -0.329 e. The molecule has 0 aliphatic carbocycles. The van der Waals surface area contributed by atoms with Gasteiger partial charge in [0.15, 0.2) is 5.82 Å². The fourth-order valence-electron chi connectivity index (χ4n) is 1.74. The summed E-state index contributed by atoms with van der Waals surface area (Å²) in [7, 11) is 3.97. The minimum atomic E-state index is 0.892. The summed E-state index contributed by atoms with van der Waals surface area (Å²) in [4.78, 5) is 8.85. The van der Waals surface area contributed by atoms with Crippen molar-refractivity contribution in [3.8, 4) is 11.5 Å². The van der Waals surface area contributed by atoms with Crippen LogP contribution in [-0.4, -0.2) is 28.1 Å². The third-order valence-electron chi connectivity index (χ3n) is 2.67. The number of hydrogen-bond donors (Lipinski definition) is 1. The Bertz CT molecular complexity index is 493. The summed E-state index contributed by atoms with van der Waals surface area (Å²) in [6.07, 6.45) is 2.72. The van der Waals surface area contributed by atoms with E-state index < -0.39 is 0 Å². The Balaban J connectivity index is 2.37. The predicted octanol–water partition coefficient (Wildman–Crippen LogP) is 2.01. The first-order chi connectivity index (χ1) is 8.24. The molecule has 0 atom stereocenters. The van der Waals surface area contributed by atoms with Gasteiger partial charge in [0, 0.05) is 26.2 Å². The van der Waals surface area contributed by atoms with Crippen molar-refractivity contribution < 1.29 is 0 Å². The highest BCUT2D eigenvalue weighted by Crippen LogP contribution is 2.23. The molecular formula is C12H15BrN4. The molecule has 0 unspecified atom stereocenters. The Kier molecular flexibility index (Phi) is 3.91. The van der Waals surface area contributed by atoms with Crippen LogP contribution in [0.5, 0.6) is 0 Å². The number of rotatable bonds is 4. The Morgan fingerprint density at radius 2 is 2.24 bits per heavy atom. The van der Waals surface area contributed by atoms with Crippen LogP contribution >= 0.6 is 15.9 Å². The van der Waals surface area contributed by atoms with Gasteiger partial charge < -0.3 is 9.88 Å². The van der Waals surface area contributed by atoms with E-state index in [-0.39, 0.29) is 0 Å². The number of nitrogens with zero attached hydrogens (tertiary/aromatic N) is 3. The molecule has 0 amide bonds. The average Bonchev–Trinajstić information content (AvgIpc) is 2.64. The van der Waals surface area contributed by atoms with Gasteiger partial charge >= 0.3 is 0 Å². The second-order valence-corrected chi connectivity index (χ2v) is 4.55. The lowest BCUT2D eigenvalue weighted by atomic mass is 10.3. The van der Waals surface area contributed by atoms with Gasteiger partial charge in [-0.05, 0) is 35.1 Å². The summed E-state index contributed by atoms with van der Waals surface area (Å²) in [6, 6.07) is 5.85. The number of aromatic nitrogens is 3. The molecule has 17 heavy (non-hydrogen) atoms. The van der Waals surface area contributed by atoms with Crippen molar-refractivity contribution in [1.29, 1.82) is 0 Å². The molecule has 0 aliphatic rings. The van der Waals surface area contributed by atoms with Crippen LogP contribution in [0.4, 0.5) is 0 Å². The summed E-state index contributed by atoms with van der Waals surface area (Å²) in [5.41, 5.74) is 2.08. The van der Waals surface area contributed by atoms with Gasteiger partial charge in [-0.1, -0.05) is 6.07 Å². The highest BCUT2D eigenvalue weighted by atomic mass is 79.9. The Hall–Kier alpha value is -1.20. The van der Waals surface area contributed by atoms with E-state index in [0.717, 1.165) is 29.1 Å². The third kappa shape index (κ3) is 2.56. The van der Waals surface area contributed by atoms with Crippen molar-refractivity contribution in [3.63, 3.8) is 0 Å². The third-order valence-corrected chi connectivity index (χ3v) is 3.31. The predicted molar refractivity (Wildman–Crippen MR) is 71.8 cm³/mol. The second-order valence-electron chi connectivity index (χ2n) is 3.80. The normalized spacial score (nSPS) is 10.8. The van der Waals surface area contributed by atoms with E-state index in [4.69, 9.17) is 0 Å². The van der Waals surface area contributed by atoms with Crippen molar-refractivity contribution >= 4 is 15.9 Å². The molecule has 0 spiro atoms. The van der Waals surface area contributed by atoms with Crippen LogP contribution in [0.1, 0.15) is 5.69 Å². The molecule has 2 aromatic rings. The molecule has 0 aromatic carbocycles. The van der Waals surface area contributed by atoms with Crippen molar-refractivity contribution in [2.24, 2.45) is 7.05 Å². The van der Waals surface area contributed by atoms with E-state index in [0.29, 0.717) is 0 Å². The molecule has 2 aromatic heterocycles. The van der Waals surface area contributed by atoms with Crippen molar-refractivity contribution in [2.45, 2.75) is 6.42 Å². The Labute approximate surface area is 109 Å². The molecule has 0 bridgehead atoms. The van der Waals surface area contributed by atoms with Gasteiger partial charge in [-0.2, -0.15) is 0 Å². The number of hydrogen-bond acceptors (Lipinski definition) is 3. The molecule has 0 aliphatic heterocycles. The van der Waals surface area contributed by atoms with Gasteiger partial charge in [-0.3, -0.25) is 4.98 Å². The summed E-state index contributed by atoms with van der Waals surface area (Å²) in [5, 5.41) is 3.14. The molecule has 2 heterocycles. The topological polar surface area (TPSA) is 42.7 Å². The van der Waals surface area contributed by atoms with Crippen LogP contribution in [0.3, 0.4) is 0 Å². The van der Waals surface area contributed by atoms with Gasteiger partial charge in [0.1, 0.15) is 10.3 Å². The van der Waals surface area contributed by atoms with E-state index in [2.05, 4.69) is 35.8 Å². The Morgan fingerprint density at radius 1 is 1.41 bits per heavy atom. The zero-order valence-electron chi connectivity index (χ0n) is 9.94. The number of likely N-dealkylation sites (N-methyl/N-ethyl adjacent to an activating group) is 1. The highest BCUT2D eigenvalue weighted by Gasteiger charge is 2.14. The fourth-order valence-corrected chi connectivity index (χ4v) is 2.37. The summed E-state index contributed by atoms with van der Waals surface area (Å²) in [5.74, 6) is 0.892. The molecule has 0 fully saturated rings. The molecule has 0 radical (unpaired) electrons. The van der Waals surface area contributed by atoms with Crippen LogP contribution in [0.25, 0.3) is 11.5 Å². The van der Waals surface area contributed by atoms with Crippen LogP contribution in [-0.2, 0) is 13.5 Å². The SMILES string of the molecule is CNCCc1c(Br)nc(-c2ccccn2)n1C. The average molecular weight is 295 g/mol. The van der Waals surface area contributed by atoms with Crippen molar-refractivity contribution in [3.05, 3.63) is 34.7 Å². The first-order valence-corrected chi connectivity index (χ1v) is 6.30. The molecule has 1 N–H and O–H groups in total. The lowest BCUT2D eigenvalue weighted by Gasteiger charge is -2.05. The number of imidazole rings is 1. The van der Waals surface area contributed by atoms with Gasteiger partial charge in [0.05, 0.1) is 5.69 Å². The van der Waals surface area contributed by atoms with Gasteiger partial charge in [-0.15, -0.1) is 0 Å². The van der Waals surface area contributed by atoms with Crippen molar-refractivity contribution in [1.82, 2.24) is 19.9 Å². The van der Waals surface area contributed by atoms with Crippen LogP contribution in [0.2, 0.25) is 0 Å². The smallest absolute Gasteiger partial charge is 0.159 e. The Morgan fingerprint density at radius 3 is 2.88 bits per heavy atom. The molecular weight excluding hydrogens is 280 g/mol. The first kappa shape index (κ1) is 12.3. The molecule has 5 heteroatoms. The van der Waals surface area contributed by atoms with Crippen molar-refractivity contribution in [2.75, 3.05) is 13.6 Å². The van der Waals surface area contributed by atoms with E-state index in [1.807, 2.05) is 32.3 Å². The van der Waals surface area contributed by atoms with Crippen LogP contribution in [0.15, 0.2) is 29.0 Å². The molecule has 4 nitrogen and oxygen atoms in total. The van der Waals surface area contributed by atoms with Gasteiger partial charge in [-0.25, -0.2) is 4.98 Å². The lowest BCUT2D eigenvalue weighted by Crippen LogP contribution is -2.12. The highest BCUT2D eigenvalue weighted by molar-refractivity contribution is 9.10. The van der Waals surface area contributed by atoms with Gasteiger partial charge in [0.2, 0.25) is 0 Å². The monoisotopic (exact) mass is 294 g/mol. The maximum Gasteiger partial charge on any atom is 0.159 e. The summed E-state index contributed by atoms with van der Waals surface area (Å²) in [6.45, 7) is 0.930. The molecule has 0 saturated carbocycles. The standard InChI is InChI=1S/C12H15BrN4/c1-14-8-6-10-11(13)16-12(17(10)2)9-5-3-4-7-15-9/h3-5,7,14H,6,8H2,1-2H3. The molecule has 0 saturated heterocycles. The van der Waals surface area contributed by atoms with E-state index in [1.54, 1.807) is 6.20 Å². The fraction of sp³-hybridized carbons (Fsp3) is 0.333. The molecule has 90 valence electrons. The van der Waals surface area contributed by atoms with Crippen LogP contribution in [0, 0.1) is 0 Å². The number of pyridine rings is 1.